The molecule has 2 aromatic rings. The van der Waals surface area contributed by atoms with Crippen LogP contribution >= 0.6 is 22.9 Å². The van der Waals surface area contributed by atoms with E-state index >= 15 is 0 Å². The standard InChI is InChI=1S/C12H14ClN3S/c1-7-12(17-8(2)15-7)11(16-14)9-3-5-10(13)6-4-9/h3-6,11,16H,14H2,1-2H3. The first-order chi connectivity index (χ1) is 8.11. The van der Waals surface area contributed by atoms with Gasteiger partial charge in [0.15, 0.2) is 0 Å². The van der Waals surface area contributed by atoms with E-state index in [1.54, 1.807) is 11.3 Å². The summed E-state index contributed by atoms with van der Waals surface area (Å²) in [7, 11) is 0. The molecule has 0 radical (unpaired) electrons. The highest BCUT2D eigenvalue weighted by atomic mass is 35.5. The highest BCUT2D eigenvalue weighted by molar-refractivity contribution is 7.11. The van der Waals surface area contributed by atoms with Crippen molar-refractivity contribution < 1.29 is 0 Å². The Labute approximate surface area is 110 Å². The molecule has 17 heavy (non-hydrogen) atoms. The molecule has 1 aromatic heterocycles. The first-order valence-electron chi connectivity index (χ1n) is 5.27. The molecular weight excluding hydrogens is 254 g/mol. The Hall–Kier alpha value is -0.940. The Morgan fingerprint density at radius 1 is 1.29 bits per heavy atom. The maximum Gasteiger partial charge on any atom is 0.0900 e. The summed E-state index contributed by atoms with van der Waals surface area (Å²) < 4.78 is 0. The van der Waals surface area contributed by atoms with Gasteiger partial charge < -0.3 is 0 Å². The summed E-state index contributed by atoms with van der Waals surface area (Å²) in [6.07, 6.45) is 0. The van der Waals surface area contributed by atoms with E-state index in [2.05, 4.69) is 10.4 Å². The smallest absolute Gasteiger partial charge is 0.0900 e. The Kier molecular flexibility index (Phi) is 3.79. The average molecular weight is 268 g/mol. The lowest BCUT2D eigenvalue weighted by Gasteiger charge is -2.15. The van der Waals surface area contributed by atoms with E-state index in [0.29, 0.717) is 0 Å². The number of rotatable bonds is 3. The molecule has 0 bridgehead atoms. The lowest BCUT2D eigenvalue weighted by Crippen LogP contribution is -2.28. The Morgan fingerprint density at radius 2 is 1.94 bits per heavy atom. The molecule has 0 spiro atoms. The van der Waals surface area contributed by atoms with Gasteiger partial charge in [0.05, 0.1) is 21.6 Å². The van der Waals surface area contributed by atoms with Gasteiger partial charge in [0.25, 0.3) is 0 Å². The van der Waals surface area contributed by atoms with Gasteiger partial charge in [0.1, 0.15) is 0 Å². The van der Waals surface area contributed by atoms with Crippen molar-refractivity contribution in [3.63, 3.8) is 0 Å². The molecule has 0 aliphatic heterocycles. The summed E-state index contributed by atoms with van der Waals surface area (Å²) in [4.78, 5) is 5.57. The van der Waals surface area contributed by atoms with E-state index < -0.39 is 0 Å². The van der Waals surface area contributed by atoms with Gasteiger partial charge in [-0.25, -0.2) is 10.4 Å². The number of hydrogen-bond acceptors (Lipinski definition) is 4. The monoisotopic (exact) mass is 267 g/mol. The molecule has 0 aliphatic rings. The number of hydrogen-bond donors (Lipinski definition) is 2. The van der Waals surface area contributed by atoms with E-state index in [1.807, 2.05) is 38.1 Å². The second-order valence-corrected chi connectivity index (χ2v) is 5.50. The number of benzene rings is 1. The first kappa shape index (κ1) is 12.5. The van der Waals surface area contributed by atoms with Crippen LogP contribution in [-0.4, -0.2) is 4.98 Å². The SMILES string of the molecule is Cc1nc(C)c(C(NN)c2ccc(Cl)cc2)s1. The highest BCUT2D eigenvalue weighted by Crippen LogP contribution is 2.29. The van der Waals surface area contributed by atoms with Gasteiger partial charge in [-0.2, -0.15) is 0 Å². The minimum absolute atomic E-state index is 0.0292. The minimum atomic E-state index is -0.0292. The van der Waals surface area contributed by atoms with Crippen molar-refractivity contribution in [3.8, 4) is 0 Å². The Bertz CT molecular complexity index is 507. The zero-order chi connectivity index (χ0) is 12.4. The average Bonchev–Trinajstić information content (AvgIpc) is 2.62. The second kappa shape index (κ2) is 5.14. The normalized spacial score (nSPS) is 12.7. The van der Waals surface area contributed by atoms with Crippen LogP contribution in [0.5, 0.6) is 0 Å². The molecule has 90 valence electrons. The number of hydrazine groups is 1. The van der Waals surface area contributed by atoms with Crippen molar-refractivity contribution in [1.82, 2.24) is 10.4 Å². The number of nitrogens with two attached hydrogens (primary N) is 1. The third kappa shape index (κ3) is 2.66. The third-order valence-electron chi connectivity index (χ3n) is 2.57. The highest BCUT2D eigenvalue weighted by Gasteiger charge is 2.17. The van der Waals surface area contributed by atoms with Gasteiger partial charge in [-0.05, 0) is 31.5 Å². The zero-order valence-corrected chi connectivity index (χ0v) is 11.3. The van der Waals surface area contributed by atoms with E-state index in [0.717, 1.165) is 26.2 Å². The molecule has 1 atom stereocenters. The summed E-state index contributed by atoms with van der Waals surface area (Å²) in [6.45, 7) is 4.00. The molecule has 1 unspecified atom stereocenters. The van der Waals surface area contributed by atoms with Crippen LogP contribution in [0, 0.1) is 13.8 Å². The fraction of sp³-hybridized carbons (Fsp3) is 0.250. The van der Waals surface area contributed by atoms with Gasteiger partial charge in [0, 0.05) is 5.02 Å². The number of nitrogens with zero attached hydrogens (tertiary/aromatic N) is 1. The molecular formula is C12H14ClN3S. The lowest BCUT2D eigenvalue weighted by molar-refractivity contribution is 0.642. The van der Waals surface area contributed by atoms with Gasteiger partial charge in [-0.15, -0.1) is 11.3 Å². The van der Waals surface area contributed by atoms with Gasteiger partial charge >= 0.3 is 0 Å². The number of aryl methyl sites for hydroxylation is 2. The van der Waals surface area contributed by atoms with Crippen LogP contribution in [0.25, 0.3) is 0 Å². The summed E-state index contributed by atoms with van der Waals surface area (Å²) in [5.41, 5.74) is 4.94. The minimum Gasteiger partial charge on any atom is -0.271 e. The molecule has 2 rings (SSSR count). The quantitative estimate of drug-likeness (QED) is 0.664. The molecule has 3 nitrogen and oxygen atoms in total. The van der Waals surface area contributed by atoms with E-state index in [4.69, 9.17) is 17.4 Å². The van der Waals surface area contributed by atoms with Crippen molar-refractivity contribution >= 4 is 22.9 Å². The van der Waals surface area contributed by atoms with Crippen molar-refractivity contribution in [2.75, 3.05) is 0 Å². The van der Waals surface area contributed by atoms with Gasteiger partial charge in [-0.1, -0.05) is 23.7 Å². The van der Waals surface area contributed by atoms with Crippen LogP contribution in [0.3, 0.4) is 0 Å². The molecule has 0 saturated carbocycles. The van der Waals surface area contributed by atoms with E-state index in [-0.39, 0.29) is 6.04 Å². The number of thiazole rings is 1. The fourth-order valence-electron chi connectivity index (χ4n) is 1.79. The van der Waals surface area contributed by atoms with E-state index in [1.165, 1.54) is 0 Å². The predicted molar refractivity (Wildman–Crippen MR) is 72.2 cm³/mol. The molecule has 1 aromatic carbocycles. The maximum atomic E-state index is 5.88. The van der Waals surface area contributed by atoms with Gasteiger partial charge in [0.2, 0.25) is 0 Å². The fourth-order valence-corrected chi connectivity index (χ4v) is 2.94. The molecule has 0 saturated heterocycles. The summed E-state index contributed by atoms with van der Waals surface area (Å²) in [5, 5.41) is 1.77. The van der Waals surface area contributed by atoms with Crippen molar-refractivity contribution in [3.05, 3.63) is 50.4 Å². The Morgan fingerprint density at radius 3 is 2.41 bits per heavy atom. The summed E-state index contributed by atoms with van der Waals surface area (Å²) in [5.74, 6) is 5.65. The number of halogens is 1. The largest absolute Gasteiger partial charge is 0.271 e. The topological polar surface area (TPSA) is 50.9 Å². The van der Waals surface area contributed by atoms with Crippen LogP contribution in [0.4, 0.5) is 0 Å². The van der Waals surface area contributed by atoms with E-state index in [9.17, 15) is 0 Å². The van der Waals surface area contributed by atoms with Crippen LogP contribution in [-0.2, 0) is 0 Å². The maximum absolute atomic E-state index is 5.88. The van der Waals surface area contributed by atoms with Crippen molar-refractivity contribution in [2.24, 2.45) is 5.84 Å². The molecule has 0 amide bonds. The molecule has 0 fully saturated rings. The predicted octanol–water partition coefficient (Wildman–Crippen LogP) is 2.97. The summed E-state index contributed by atoms with van der Waals surface area (Å²) in [6, 6.07) is 7.65. The first-order valence-corrected chi connectivity index (χ1v) is 6.46. The second-order valence-electron chi connectivity index (χ2n) is 3.83. The van der Waals surface area contributed by atoms with Crippen LogP contribution < -0.4 is 11.3 Å². The van der Waals surface area contributed by atoms with Crippen LogP contribution in [0.15, 0.2) is 24.3 Å². The van der Waals surface area contributed by atoms with Crippen LogP contribution in [0.1, 0.15) is 27.2 Å². The number of aromatic nitrogens is 1. The molecule has 1 heterocycles. The molecule has 3 N–H and O–H groups in total. The summed E-state index contributed by atoms with van der Waals surface area (Å²) >= 11 is 7.54. The van der Waals surface area contributed by atoms with Crippen molar-refractivity contribution in [1.29, 1.82) is 0 Å². The lowest BCUT2D eigenvalue weighted by atomic mass is 10.1. The van der Waals surface area contributed by atoms with Gasteiger partial charge in [-0.3, -0.25) is 5.84 Å². The van der Waals surface area contributed by atoms with Crippen LogP contribution in [0.2, 0.25) is 5.02 Å². The zero-order valence-electron chi connectivity index (χ0n) is 9.70. The Balaban J connectivity index is 2.39. The number of nitrogens with one attached hydrogen (secondary N) is 1. The molecule has 5 heteroatoms. The molecule has 0 aliphatic carbocycles. The third-order valence-corrected chi connectivity index (χ3v) is 3.96. The van der Waals surface area contributed by atoms with Crippen molar-refractivity contribution in [2.45, 2.75) is 19.9 Å².